The molecule has 1 aromatic carbocycles. The number of amides is 1. The van der Waals surface area contributed by atoms with Crippen LogP contribution >= 0.6 is 0 Å². The van der Waals surface area contributed by atoms with Crippen molar-refractivity contribution in [1.29, 1.82) is 0 Å². The van der Waals surface area contributed by atoms with E-state index in [9.17, 15) is 4.79 Å². The number of rotatable bonds is 4. The monoisotopic (exact) mass is 204 g/mol. The highest BCUT2D eigenvalue weighted by atomic mass is 16.2. The van der Waals surface area contributed by atoms with Gasteiger partial charge in [-0.15, -0.1) is 0 Å². The molecule has 1 amide bonds. The lowest BCUT2D eigenvalue weighted by atomic mass is 10.1. The van der Waals surface area contributed by atoms with Crippen LogP contribution in [0.15, 0.2) is 35.4 Å². The number of nitrogens with one attached hydrogen (secondary N) is 1. The predicted molar refractivity (Wildman–Crippen MR) is 61.7 cm³/mol. The molecule has 0 saturated carbocycles. The molecule has 0 fully saturated rings. The standard InChI is InChI=1S/C12H16N2O/c1-3-7-12(15)14-13-10(2)11-8-5-4-6-9-11/h4-6,8-9H,3,7H2,1-2H3,(H,14,15)/b13-10+. The van der Waals surface area contributed by atoms with E-state index in [0.717, 1.165) is 17.7 Å². The maximum absolute atomic E-state index is 11.2. The zero-order valence-electron chi connectivity index (χ0n) is 9.16. The molecular formula is C12H16N2O. The fourth-order valence-corrected chi connectivity index (χ4v) is 1.17. The van der Waals surface area contributed by atoms with Crippen LogP contribution in [0, 0.1) is 0 Å². The molecule has 3 heteroatoms. The third-order valence-corrected chi connectivity index (χ3v) is 2.02. The molecule has 0 radical (unpaired) electrons. The summed E-state index contributed by atoms with van der Waals surface area (Å²) in [7, 11) is 0. The molecule has 0 aliphatic carbocycles. The van der Waals surface area contributed by atoms with Crippen molar-refractivity contribution in [3.8, 4) is 0 Å². The van der Waals surface area contributed by atoms with E-state index >= 15 is 0 Å². The minimum atomic E-state index is -0.0345. The molecule has 3 nitrogen and oxygen atoms in total. The fourth-order valence-electron chi connectivity index (χ4n) is 1.17. The van der Waals surface area contributed by atoms with Gasteiger partial charge in [-0.25, -0.2) is 5.43 Å². The highest BCUT2D eigenvalue weighted by molar-refractivity contribution is 5.99. The maximum atomic E-state index is 11.2. The molecule has 0 atom stereocenters. The molecule has 0 spiro atoms. The van der Waals surface area contributed by atoms with Crippen molar-refractivity contribution in [3.63, 3.8) is 0 Å². The van der Waals surface area contributed by atoms with Crippen molar-refractivity contribution in [2.45, 2.75) is 26.7 Å². The summed E-state index contributed by atoms with van der Waals surface area (Å²) >= 11 is 0. The Morgan fingerprint density at radius 3 is 2.60 bits per heavy atom. The van der Waals surface area contributed by atoms with Crippen LogP contribution in [-0.4, -0.2) is 11.6 Å². The summed E-state index contributed by atoms with van der Waals surface area (Å²) in [6.07, 6.45) is 1.36. The van der Waals surface area contributed by atoms with E-state index in [1.165, 1.54) is 0 Å². The molecule has 0 aliphatic rings. The summed E-state index contributed by atoms with van der Waals surface area (Å²) in [6.45, 7) is 3.84. The Bertz CT molecular complexity index is 344. The van der Waals surface area contributed by atoms with Gasteiger partial charge in [0.25, 0.3) is 0 Å². The Balaban J connectivity index is 2.57. The first kappa shape index (κ1) is 11.4. The second-order valence-electron chi connectivity index (χ2n) is 3.35. The highest BCUT2D eigenvalue weighted by Crippen LogP contribution is 1.99. The van der Waals surface area contributed by atoms with Gasteiger partial charge in [0.2, 0.25) is 5.91 Å². The summed E-state index contributed by atoms with van der Waals surface area (Å²) in [6, 6.07) is 9.77. The fraction of sp³-hybridized carbons (Fsp3) is 0.333. The van der Waals surface area contributed by atoms with Crippen LogP contribution < -0.4 is 5.43 Å². The van der Waals surface area contributed by atoms with Gasteiger partial charge in [0, 0.05) is 6.42 Å². The van der Waals surface area contributed by atoms with Crippen molar-refractivity contribution in [1.82, 2.24) is 5.43 Å². The van der Waals surface area contributed by atoms with Crippen molar-refractivity contribution >= 4 is 11.6 Å². The van der Waals surface area contributed by atoms with Gasteiger partial charge in [-0.05, 0) is 18.9 Å². The van der Waals surface area contributed by atoms with Crippen molar-refractivity contribution in [3.05, 3.63) is 35.9 Å². The number of carbonyl (C=O) groups excluding carboxylic acids is 1. The van der Waals surface area contributed by atoms with Crippen LogP contribution in [0.25, 0.3) is 0 Å². The molecule has 0 saturated heterocycles. The van der Waals surface area contributed by atoms with Gasteiger partial charge < -0.3 is 0 Å². The lowest BCUT2D eigenvalue weighted by Crippen LogP contribution is -2.18. The third kappa shape index (κ3) is 3.94. The predicted octanol–water partition coefficient (Wildman–Crippen LogP) is 2.33. The molecule has 15 heavy (non-hydrogen) atoms. The van der Waals surface area contributed by atoms with Gasteiger partial charge in [0.1, 0.15) is 0 Å². The first-order chi connectivity index (χ1) is 7.24. The zero-order valence-corrected chi connectivity index (χ0v) is 9.16. The topological polar surface area (TPSA) is 41.5 Å². The molecule has 0 aliphatic heterocycles. The van der Waals surface area contributed by atoms with Crippen LogP contribution in [0.2, 0.25) is 0 Å². The molecule has 80 valence electrons. The molecule has 0 heterocycles. The van der Waals surface area contributed by atoms with Crippen molar-refractivity contribution in [2.24, 2.45) is 5.10 Å². The number of hydrogen-bond donors (Lipinski definition) is 1. The Kier molecular flexibility index (Phi) is 4.54. The maximum Gasteiger partial charge on any atom is 0.240 e. The molecule has 0 bridgehead atoms. The minimum absolute atomic E-state index is 0.0345. The summed E-state index contributed by atoms with van der Waals surface area (Å²) in [5.41, 5.74) is 4.37. The molecule has 0 unspecified atom stereocenters. The first-order valence-corrected chi connectivity index (χ1v) is 5.12. The number of hydrazone groups is 1. The molecule has 1 N–H and O–H groups in total. The Morgan fingerprint density at radius 1 is 1.33 bits per heavy atom. The van der Waals surface area contributed by atoms with Gasteiger partial charge in [-0.2, -0.15) is 5.10 Å². The lowest BCUT2D eigenvalue weighted by Gasteiger charge is -2.01. The number of benzene rings is 1. The number of hydrogen-bond acceptors (Lipinski definition) is 2. The average Bonchev–Trinajstić information content (AvgIpc) is 2.27. The number of nitrogens with zero attached hydrogens (tertiary/aromatic N) is 1. The lowest BCUT2D eigenvalue weighted by molar-refractivity contribution is -0.121. The highest BCUT2D eigenvalue weighted by Gasteiger charge is 1.98. The Labute approximate surface area is 90.2 Å². The van der Waals surface area contributed by atoms with Gasteiger partial charge >= 0.3 is 0 Å². The van der Waals surface area contributed by atoms with E-state index in [0.29, 0.717) is 6.42 Å². The van der Waals surface area contributed by atoms with E-state index in [1.54, 1.807) is 0 Å². The van der Waals surface area contributed by atoms with Crippen molar-refractivity contribution < 1.29 is 4.79 Å². The van der Waals surface area contributed by atoms with Crippen LogP contribution in [0.5, 0.6) is 0 Å². The summed E-state index contributed by atoms with van der Waals surface area (Å²) in [5.74, 6) is -0.0345. The second-order valence-corrected chi connectivity index (χ2v) is 3.35. The second kappa shape index (κ2) is 5.96. The molecule has 0 aromatic heterocycles. The van der Waals surface area contributed by atoms with E-state index in [4.69, 9.17) is 0 Å². The van der Waals surface area contributed by atoms with E-state index in [-0.39, 0.29) is 5.91 Å². The quantitative estimate of drug-likeness (QED) is 0.593. The summed E-state index contributed by atoms with van der Waals surface area (Å²) in [5, 5.41) is 4.03. The van der Waals surface area contributed by atoms with Gasteiger partial charge in [0.05, 0.1) is 5.71 Å². The van der Waals surface area contributed by atoms with E-state index in [2.05, 4.69) is 10.5 Å². The Hall–Kier alpha value is -1.64. The first-order valence-electron chi connectivity index (χ1n) is 5.12. The summed E-state index contributed by atoms with van der Waals surface area (Å²) < 4.78 is 0. The van der Waals surface area contributed by atoms with Gasteiger partial charge in [-0.1, -0.05) is 37.3 Å². The Morgan fingerprint density at radius 2 is 2.00 bits per heavy atom. The summed E-state index contributed by atoms with van der Waals surface area (Å²) in [4.78, 5) is 11.2. The number of carbonyl (C=O) groups is 1. The zero-order chi connectivity index (χ0) is 11.1. The normalized spacial score (nSPS) is 11.2. The van der Waals surface area contributed by atoms with E-state index in [1.807, 2.05) is 44.2 Å². The van der Waals surface area contributed by atoms with Gasteiger partial charge in [0.15, 0.2) is 0 Å². The van der Waals surface area contributed by atoms with Crippen molar-refractivity contribution in [2.75, 3.05) is 0 Å². The smallest absolute Gasteiger partial charge is 0.240 e. The molecule has 1 aromatic rings. The van der Waals surface area contributed by atoms with Crippen LogP contribution in [-0.2, 0) is 4.79 Å². The molecular weight excluding hydrogens is 188 g/mol. The molecule has 1 rings (SSSR count). The third-order valence-electron chi connectivity index (χ3n) is 2.02. The largest absolute Gasteiger partial charge is 0.273 e. The van der Waals surface area contributed by atoms with E-state index < -0.39 is 0 Å². The SMILES string of the molecule is CCCC(=O)N/N=C(\C)c1ccccc1. The van der Waals surface area contributed by atoms with Crippen LogP contribution in [0.3, 0.4) is 0 Å². The minimum Gasteiger partial charge on any atom is -0.273 e. The van der Waals surface area contributed by atoms with Crippen LogP contribution in [0.1, 0.15) is 32.3 Å². The van der Waals surface area contributed by atoms with Crippen LogP contribution in [0.4, 0.5) is 0 Å². The average molecular weight is 204 g/mol. The van der Waals surface area contributed by atoms with Gasteiger partial charge in [-0.3, -0.25) is 4.79 Å².